The smallest absolute Gasteiger partial charge is 0.303 e. The minimum atomic E-state index is -0.504. The molecule has 1 unspecified atom stereocenters. The average Bonchev–Trinajstić information content (AvgIpc) is 3.25. The number of ether oxygens (including phenoxy) is 2. The van der Waals surface area contributed by atoms with E-state index < -0.39 is 17.5 Å². The van der Waals surface area contributed by atoms with Gasteiger partial charge in [-0.15, -0.1) is 5.10 Å². The van der Waals surface area contributed by atoms with Crippen molar-refractivity contribution < 1.29 is 23.9 Å². The third-order valence-electron chi connectivity index (χ3n) is 4.29. The third kappa shape index (κ3) is 2.79. The topological polar surface area (TPSA) is 100 Å². The first-order valence-electron chi connectivity index (χ1n) is 8.13. The number of carbonyl (C=O) groups excluding carboxylic acids is 3. The molecular formula is C18H15N3O5. The molecule has 0 N–H and O–H groups in total. The highest BCUT2D eigenvalue weighted by atomic mass is 16.5. The second kappa shape index (κ2) is 6.21. The summed E-state index contributed by atoms with van der Waals surface area (Å²) in [4.78, 5) is 35.4. The maximum absolute atomic E-state index is 12.3. The molecule has 0 amide bonds. The Hall–Kier alpha value is -3.29. The third-order valence-corrected chi connectivity index (χ3v) is 4.29. The second-order valence-electron chi connectivity index (χ2n) is 6.17. The van der Waals surface area contributed by atoms with Crippen molar-refractivity contribution >= 4 is 23.3 Å². The molecule has 2 aliphatic rings. The summed E-state index contributed by atoms with van der Waals surface area (Å²) in [6.07, 6.45) is 1.67. The Bertz CT molecular complexity index is 959. The van der Waals surface area contributed by atoms with Gasteiger partial charge in [0.2, 0.25) is 11.6 Å². The number of hydrogen-bond acceptors (Lipinski definition) is 7. The van der Waals surface area contributed by atoms with E-state index in [4.69, 9.17) is 9.47 Å². The van der Waals surface area contributed by atoms with Crippen molar-refractivity contribution in [3.63, 3.8) is 0 Å². The van der Waals surface area contributed by atoms with Crippen LogP contribution < -0.4 is 0 Å². The van der Waals surface area contributed by atoms with Crippen LogP contribution in [0.25, 0.3) is 5.76 Å². The van der Waals surface area contributed by atoms with Crippen molar-refractivity contribution in [3.8, 4) is 0 Å². The van der Waals surface area contributed by atoms with Crippen LogP contribution in [0.5, 0.6) is 0 Å². The Balaban J connectivity index is 1.49. The Labute approximate surface area is 148 Å². The molecular weight excluding hydrogens is 338 g/mol. The largest absolute Gasteiger partial charge is 0.487 e. The van der Waals surface area contributed by atoms with Gasteiger partial charge >= 0.3 is 5.97 Å². The van der Waals surface area contributed by atoms with E-state index in [9.17, 15) is 14.4 Å². The van der Waals surface area contributed by atoms with Crippen LogP contribution in [0.15, 0.2) is 36.0 Å². The van der Waals surface area contributed by atoms with Crippen molar-refractivity contribution in [1.82, 2.24) is 15.0 Å². The number of hydrogen-bond donors (Lipinski definition) is 0. The summed E-state index contributed by atoms with van der Waals surface area (Å²) in [5.41, 5.74) is 1.97. The van der Waals surface area contributed by atoms with Crippen LogP contribution in [-0.2, 0) is 32.2 Å². The van der Waals surface area contributed by atoms with Gasteiger partial charge in [-0.25, -0.2) is 4.68 Å². The number of fused-ring (bicyclic) bond motifs is 2. The maximum atomic E-state index is 12.3. The minimum absolute atomic E-state index is 0.0516. The molecule has 26 heavy (non-hydrogen) atoms. The summed E-state index contributed by atoms with van der Waals surface area (Å²) in [7, 11) is 0. The molecule has 0 saturated carbocycles. The molecule has 1 atom stereocenters. The first-order chi connectivity index (χ1) is 12.5. The average molecular weight is 353 g/mol. The van der Waals surface area contributed by atoms with E-state index in [1.807, 2.05) is 6.07 Å². The lowest BCUT2D eigenvalue weighted by Crippen LogP contribution is -2.22. The molecule has 1 aliphatic carbocycles. The number of benzene rings is 1. The van der Waals surface area contributed by atoms with Crippen LogP contribution in [-0.4, -0.2) is 38.6 Å². The van der Waals surface area contributed by atoms with Crippen molar-refractivity contribution in [1.29, 1.82) is 0 Å². The van der Waals surface area contributed by atoms with E-state index >= 15 is 0 Å². The zero-order chi connectivity index (χ0) is 18.3. The Morgan fingerprint density at radius 2 is 2.04 bits per heavy atom. The first kappa shape index (κ1) is 16.2. The number of esters is 1. The van der Waals surface area contributed by atoms with Crippen LogP contribution in [0.2, 0.25) is 0 Å². The molecule has 0 radical (unpaired) electrons. The molecule has 0 saturated heterocycles. The summed E-state index contributed by atoms with van der Waals surface area (Å²) in [5, 5.41) is 7.91. The van der Waals surface area contributed by atoms with E-state index in [0.717, 1.165) is 0 Å². The fourth-order valence-electron chi connectivity index (χ4n) is 3.14. The maximum Gasteiger partial charge on any atom is 0.303 e. The number of aromatic nitrogens is 3. The SMILES string of the molecule is CC(=O)OCc1cn(CC2CC3=C(O2)c2ccccc2C(=O)C3=O)nn1. The molecule has 4 rings (SSSR count). The second-order valence-corrected chi connectivity index (χ2v) is 6.17. The fourth-order valence-corrected chi connectivity index (χ4v) is 3.14. The molecule has 2 aromatic rings. The number of rotatable bonds is 4. The summed E-state index contributed by atoms with van der Waals surface area (Å²) >= 11 is 0. The van der Waals surface area contributed by atoms with E-state index in [0.29, 0.717) is 41.1 Å². The molecule has 132 valence electrons. The Morgan fingerprint density at radius 3 is 2.81 bits per heavy atom. The highest BCUT2D eigenvalue weighted by Gasteiger charge is 2.40. The minimum Gasteiger partial charge on any atom is -0.487 e. The van der Waals surface area contributed by atoms with E-state index in [1.54, 1.807) is 29.1 Å². The zero-order valence-corrected chi connectivity index (χ0v) is 14.0. The van der Waals surface area contributed by atoms with Gasteiger partial charge in [0.25, 0.3) is 0 Å². The van der Waals surface area contributed by atoms with Gasteiger partial charge in [0.1, 0.15) is 24.2 Å². The van der Waals surface area contributed by atoms with Gasteiger partial charge in [0.05, 0.1) is 18.3 Å². The predicted octanol–water partition coefficient (Wildman–Crippen LogP) is 1.31. The van der Waals surface area contributed by atoms with Crippen LogP contribution in [0.1, 0.15) is 35.0 Å². The van der Waals surface area contributed by atoms with Gasteiger partial charge in [0, 0.05) is 24.5 Å². The van der Waals surface area contributed by atoms with Crippen LogP contribution in [0.4, 0.5) is 0 Å². The molecule has 0 bridgehead atoms. The van der Waals surface area contributed by atoms with E-state index in [-0.39, 0.29) is 12.7 Å². The Kier molecular flexibility index (Phi) is 3.87. The summed E-state index contributed by atoms with van der Waals surface area (Å²) in [6.45, 7) is 1.74. The molecule has 0 fully saturated rings. The molecule has 0 spiro atoms. The lowest BCUT2D eigenvalue weighted by Gasteiger charge is -2.16. The number of ketones is 2. The molecule has 1 aliphatic heterocycles. The van der Waals surface area contributed by atoms with Crippen LogP contribution >= 0.6 is 0 Å². The molecule has 8 nitrogen and oxygen atoms in total. The number of carbonyl (C=O) groups is 3. The lowest BCUT2D eigenvalue weighted by atomic mass is 9.88. The molecule has 2 heterocycles. The fraction of sp³-hybridized carbons (Fsp3) is 0.278. The summed E-state index contributed by atoms with van der Waals surface area (Å²) in [5.74, 6) is -0.906. The first-order valence-corrected chi connectivity index (χ1v) is 8.13. The normalized spacial score (nSPS) is 18.4. The molecule has 1 aromatic heterocycles. The van der Waals surface area contributed by atoms with Gasteiger partial charge in [0.15, 0.2) is 0 Å². The summed E-state index contributed by atoms with van der Waals surface area (Å²) < 4.78 is 12.4. The van der Waals surface area contributed by atoms with Gasteiger partial charge in [-0.2, -0.15) is 0 Å². The number of nitrogens with zero attached hydrogens (tertiary/aromatic N) is 3. The molecule has 1 aromatic carbocycles. The van der Waals surface area contributed by atoms with E-state index in [1.165, 1.54) is 6.92 Å². The summed E-state index contributed by atoms with van der Waals surface area (Å²) in [6, 6.07) is 6.95. The van der Waals surface area contributed by atoms with Crippen LogP contribution in [0.3, 0.4) is 0 Å². The lowest BCUT2D eigenvalue weighted by molar-refractivity contribution is -0.142. The highest BCUT2D eigenvalue weighted by molar-refractivity contribution is 6.52. The van der Waals surface area contributed by atoms with E-state index in [2.05, 4.69) is 10.3 Å². The van der Waals surface area contributed by atoms with Gasteiger partial charge in [-0.05, 0) is 0 Å². The van der Waals surface area contributed by atoms with Crippen molar-refractivity contribution in [2.24, 2.45) is 0 Å². The molecule has 8 heteroatoms. The quantitative estimate of drug-likeness (QED) is 0.603. The predicted molar refractivity (Wildman–Crippen MR) is 87.7 cm³/mol. The van der Waals surface area contributed by atoms with Gasteiger partial charge < -0.3 is 9.47 Å². The van der Waals surface area contributed by atoms with Crippen molar-refractivity contribution in [2.45, 2.75) is 32.6 Å². The van der Waals surface area contributed by atoms with Crippen molar-refractivity contribution in [2.75, 3.05) is 0 Å². The highest BCUT2D eigenvalue weighted by Crippen LogP contribution is 2.39. The number of Topliss-reactive ketones (excluding diaryl/α,β-unsaturated/α-hetero) is 2. The van der Waals surface area contributed by atoms with Gasteiger partial charge in [-0.1, -0.05) is 29.5 Å². The zero-order valence-electron chi connectivity index (χ0n) is 14.0. The van der Waals surface area contributed by atoms with Crippen LogP contribution in [0, 0.1) is 0 Å². The van der Waals surface area contributed by atoms with Crippen molar-refractivity contribution in [3.05, 3.63) is 52.9 Å². The van der Waals surface area contributed by atoms with Gasteiger partial charge in [-0.3, -0.25) is 14.4 Å². The monoisotopic (exact) mass is 353 g/mol. The Morgan fingerprint density at radius 1 is 1.27 bits per heavy atom. The standard InChI is InChI=1S/C18H15N3O5/c1-10(22)25-9-11-7-21(20-19-11)8-12-6-15-17(24)16(23)13-4-2-3-5-14(13)18(15)26-12/h2-5,7,12H,6,8-9H2,1H3.